The van der Waals surface area contributed by atoms with E-state index in [9.17, 15) is 0 Å². The lowest BCUT2D eigenvalue weighted by molar-refractivity contribution is 0.669. The van der Waals surface area contributed by atoms with E-state index in [0.29, 0.717) is 0 Å². The maximum Gasteiger partial charge on any atom is 0.138 e. The van der Waals surface area contributed by atoms with Crippen molar-refractivity contribution < 1.29 is 4.42 Å². The first-order chi connectivity index (χ1) is 36.2. The number of hydrogen-bond donors (Lipinski definition) is 0. The largest absolute Gasteiger partial charge is 0.456 e. The number of furan rings is 1. The standard InChI is InChI=1S/C70H46N2O/c1-4-18-47(19-5-1)49-32-39-54(40-33-49)71(53-23-8-3-9-24-53)55-43-36-52(37-44-55)67-60-28-14-16-30-62(60)70(63-31-17-15-29-61(63)67)72(56-41-34-50(35-42-56)48-20-6-2-7-21-48)64-46-66-69(59-27-13-12-26-58(59)64)68-57-25-11-10-22-51(57)38-45-65(68)73-66/h1-46H. The van der Waals surface area contributed by atoms with Crippen LogP contribution in [0.15, 0.2) is 283 Å². The van der Waals surface area contributed by atoms with E-state index in [1.165, 1.54) is 43.8 Å². The predicted octanol–water partition coefficient (Wildman–Crippen LogP) is 20.1. The van der Waals surface area contributed by atoms with Crippen molar-refractivity contribution in [2.45, 2.75) is 0 Å². The molecule has 0 radical (unpaired) electrons. The number of fused-ring (bicyclic) bond motifs is 9. The zero-order valence-electron chi connectivity index (χ0n) is 39.9. The number of benzene rings is 13. The van der Waals surface area contributed by atoms with Gasteiger partial charge in [0.2, 0.25) is 0 Å². The van der Waals surface area contributed by atoms with Crippen LogP contribution in [0, 0.1) is 0 Å². The molecule has 0 saturated heterocycles. The van der Waals surface area contributed by atoms with Crippen molar-refractivity contribution in [1.82, 2.24) is 0 Å². The van der Waals surface area contributed by atoms with Crippen LogP contribution < -0.4 is 9.80 Å². The van der Waals surface area contributed by atoms with Gasteiger partial charge in [-0.05, 0) is 115 Å². The van der Waals surface area contributed by atoms with Gasteiger partial charge >= 0.3 is 0 Å². The predicted molar refractivity (Wildman–Crippen MR) is 309 cm³/mol. The molecule has 0 fully saturated rings. The van der Waals surface area contributed by atoms with E-state index in [1.54, 1.807) is 0 Å². The Morgan fingerprint density at radius 3 is 1.21 bits per heavy atom. The van der Waals surface area contributed by atoms with Crippen LogP contribution >= 0.6 is 0 Å². The van der Waals surface area contributed by atoms with Gasteiger partial charge in [-0.15, -0.1) is 0 Å². The summed E-state index contributed by atoms with van der Waals surface area (Å²) in [6.45, 7) is 0. The number of rotatable bonds is 9. The molecule has 0 aliphatic heterocycles. The smallest absolute Gasteiger partial charge is 0.138 e. The van der Waals surface area contributed by atoms with Crippen LogP contribution in [-0.2, 0) is 0 Å². The molecule has 1 aromatic heterocycles. The third-order valence-electron chi connectivity index (χ3n) is 14.6. The Morgan fingerprint density at radius 2 is 0.644 bits per heavy atom. The Hall–Kier alpha value is -9.70. The quantitative estimate of drug-likeness (QED) is 0.135. The molecule has 1 heterocycles. The van der Waals surface area contributed by atoms with E-state index in [2.05, 4.69) is 289 Å². The second-order valence-corrected chi connectivity index (χ2v) is 18.8. The first-order valence-electron chi connectivity index (χ1n) is 25.0. The zero-order chi connectivity index (χ0) is 48.2. The summed E-state index contributed by atoms with van der Waals surface area (Å²) in [5, 5.41) is 11.6. The molecular weight excluding hydrogens is 885 g/mol. The first kappa shape index (κ1) is 42.2. The molecule has 3 nitrogen and oxygen atoms in total. The minimum absolute atomic E-state index is 0.855. The summed E-state index contributed by atoms with van der Waals surface area (Å²) in [6.07, 6.45) is 0. The van der Waals surface area contributed by atoms with Gasteiger partial charge in [-0.2, -0.15) is 0 Å². The highest BCUT2D eigenvalue weighted by molar-refractivity contribution is 6.30. The summed E-state index contributed by atoms with van der Waals surface area (Å²) in [4.78, 5) is 4.82. The maximum absolute atomic E-state index is 6.94. The van der Waals surface area contributed by atoms with Crippen LogP contribution in [0.1, 0.15) is 0 Å². The van der Waals surface area contributed by atoms with Gasteiger partial charge in [-0.1, -0.05) is 218 Å². The normalized spacial score (nSPS) is 11.6. The fraction of sp³-hybridized carbons (Fsp3) is 0. The van der Waals surface area contributed by atoms with E-state index in [-0.39, 0.29) is 0 Å². The molecule has 3 heteroatoms. The molecule has 0 aliphatic carbocycles. The lowest BCUT2D eigenvalue weighted by atomic mass is 9.89. The SMILES string of the molecule is c1ccc(-c2ccc(N(c3ccccc3)c3ccc(-c4c5ccccc5c(N(c5ccc(-c6ccccc6)cc5)c5cc6oc7ccc8ccccc8c7c6c6ccccc56)c5ccccc45)cc3)cc2)cc1. The van der Waals surface area contributed by atoms with Gasteiger partial charge in [-0.25, -0.2) is 0 Å². The van der Waals surface area contributed by atoms with Crippen molar-refractivity contribution in [2.24, 2.45) is 0 Å². The minimum Gasteiger partial charge on any atom is -0.456 e. The van der Waals surface area contributed by atoms with E-state index >= 15 is 0 Å². The molecule has 14 rings (SSSR count). The van der Waals surface area contributed by atoms with Crippen LogP contribution in [0.4, 0.5) is 34.1 Å². The van der Waals surface area contributed by atoms with Gasteiger partial charge in [0, 0.05) is 55.7 Å². The Morgan fingerprint density at radius 1 is 0.247 bits per heavy atom. The lowest BCUT2D eigenvalue weighted by Crippen LogP contribution is -2.12. The monoisotopic (exact) mass is 930 g/mol. The molecular formula is C70H46N2O. The van der Waals surface area contributed by atoms with E-state index in [4.69, 9.17) is 4.42 Å². The highest BCUT2D eigenvalue weighted by atomic mass is 16.3. The van der Waals surface area contributed by atoms with E-state index < -0.39 is 0 Å². The molecule has 0 unspecified atom stereocenters. The summed E-state index contributed by atoms with van der Waals surface area (Å²) >= 11 is 0. The van der Waals surface area contributed by atoms with Gasteiger partial charge in [0.25, 0.3) is 0 Å². The third-order valence-corrected chi connectivity index (χ3v) is 14.6. The summed E-state index contributed by atoms with van der Waals surface area (Å²) in [5.74, 6) is 0. The molecule has 0 atom stereocenters. The Labute approximate surface area is 423 Å². The molecule has 0 saturated carbocycles. The van der Waals surface area contributed by atoms with Crippen LogP contribution in [0.2, 0.25) is 0 Å². The highest BCUT2D eigenvalue weighted by Crippen LogP contribution is 2.52. The molecule has 342 valence electrons. The third kappa shape index (κ3) is 7.21. The average molecular weight is 931 g/mol. The van der Waals surface area contributed by atoms with Crippen LogP contribution in [-0.4, -0.2) is 0 Å². The fourth-order valence-electron chi connectivity index (χ4n) is 11.3. The van der Waals surface area contributed by atoms with E-state index in [0.717, 1.165) is 88.7 Å². The first-order valence-corrected chi connectivity index (χ1v) is 25.0. The summed E-state index contributed by atoms with van der Waals surface area (Å²) in [6, 6.07) is 101. The molecule has 0 amide bonds. The van der Waals surface area contributed by atoms with Crippen molar-refractivity contribution >= 4 is 99.2 Å². The molecule has 14 aromatic rings. The summed E-state index contributed by atoms with van der Waals surface area (Å²) in [7, 11) is 0. The molecule has 13 aromatic carbocycles. The van der Waals surface area contributed by atoms with Gasteiger partial charge in [0.05, 0.1) is 11.4 Å². The summed E-state index contributed by atoms with van der Waals surface area (Å²) < 4.78 is 6.94. The van der Waals surface area contributed by atoms with Crippen LogP contribution in [0.25, 0.3) is 98.4 Å². The Balaban J connectivity index is 0.975. The van der Waals surface area contributed by atoms with Crippen molar-refractivity contribution in [1.29, 1.82) is 0 Å². The van der Waals surface area contributed by atoms with Gasteiger partial charge in [0.15, 0.2) is 0 Å². The molecule has 0 aliphatic rings. The molecule has 0 spiro atoms. The minimum atomic E-state index is 0.855. The van der Waals surface area contributed by atoms with Gasteiger partial charge < -0.3 is 14.2 Å². The zero-order valence-corrected chi connectivity index (χ0v) is 39.9. The van der Waals surface area contributed by atoms with Gasteiger partial charge in [0.1, 0.15) is 11.2 Å². The van der Waals surface area contributed by atoms with Crippen molar-refractivity contribution in [3.8, 4) is 33.4 Å². The topological polar surface area (TPSA) is 19.6 Å². The number of nitrogens with zero attached hydrogens (tertiary/aromatic N) is 2. The summed E-state index contributed by atoms with van der Waals surface area (Å²) in [5.41, 5.74) is 15.3. The molecule has 0 bridgehead atoms. The fourth-order valence-corrected chi connectivity index (χ4v) is 11.3. The van der Waals surface area contributed by atoms with Gasteiger partial charge in [-0.3, -0.25) is 0 Å². The van der Waals surface area contributed by atoms with E-state index in [1.807, 2.05) is 0 Å². The molecule has 73 heavy (non-hydrogen) atoms. The van der Waals surface area contributed by atoms with Crippen LogP contribution in [0.3, 0.4) is 0 Å². The van der Waals surface area contributed by atoms with Crippen molar-refractivity contribution in [3.05, 3.63) is 279 Å². The second kappa shape index (κ2) is 17.6. The number of hydrogen-bond acceptors (Lipinski definition) is 3. The van der Waals surface area contributed by atoms with Crippen molar-refractivity contribution in [3.63, 3.8) is 0 Å². The van der Waals surface area contributed by atoms with Crippen LogP contribution in [0.5, 0.6) is 0 Å². The highest BCUT2D eigenvalue weighted by Gasteiger charge is 2.26. The molecule has 0 N–H and O–H groups in total. The van der Waals surface area contributed by atoms with Crippen molar-refractivity contribution in [2.75, 3.05) is 9.80 Å². The Kier molecular flexibility index (Phi) is 10.2. The Bertz CT molecular complexity index is 4280. The lowest BCUT2D eigenvalue weighted by Gasteiger charge is -2.31. The average Bonchev–Trinajstić information content (AvgIpc) is 3.86. The second-order valence-electron chi connectivity index (χ2n) is 18.8. The number of para-hydroxylation sites is 1. The number of anilines is 6. The maximum atomic E-state index is 6.94.